The first kappa shape index (κ1) is 45.0. The van der Waals surface area contributed by atoms with Crippen LogP contribution in [0.15, 0.2) is 0 Å². The number of rotatable bonds is 7. The van der Waals surface area contributed by atoms with E-state index in [0.717, 1.165) is 6.92 Å². The molecule has 3 fully saturated rings. The van der Waals surface area contributed by atoms with Crippen LogP contribution in [0.2, 0.25) is 0 Å². The summed E-state index contributed by atoms with van der Waals surface area (Å²) in [6.45, 7) is 14.7. The van der Waals surface area contributed by atoms with Crippen LogP contribution in [0.5, 0.6) is 0 Å². The van der Waals surface area contributed by atoms with Crippen molar-refractivity contribution in [1.29, 1.82) is 0 Å². The summed E-state index contributed by atoms with van der Waals surface area (Å²) in [6, 6.07) is -0.405. The minimum atomic E-state index is -2.77. The molecule has 0 radical (unpaired) electrons. The SMILES string of the molecule is CC[C@H]1OC(=O)[C@H](C)[C@@H](O[C@H]2C[C@@](C)(OC)[C@@H](O)[C@H](C)O2)[C@H](C)[C@H](O[C@@H]2O[C@H](C)C[C@H](N(C)C)[C@H]2O)[C@](C)(O)C[C@](C)(F)C(=O)[C@H](C)[C@@H](O)[C@]1(C)O. The number of ether oxygens (including phenoxy) is 6. The van der Waals surface area contributed by atoms with E-state index in [1.165, 1.54) is 34.8 Å². The van der Waals surface area contributed by atoms with Crippen molar-refractivity contribution in [3.05, 3.63) is 0 Å². The van der Waals surface area contributed by atoms with Gasteiger partial charge in [0.1, 0.15) is 23.9 Å². The van der Waals surface area contributed by atoms with E-state index in [2.05, 4.69) is 0 Å². The summed E-state index contributed by atoms with van der Waals surface area (Å²) < 4.78 is 53.4. The zero-order valence-electron chi connectivity index (χ0n) is 33.2. The highest BCUT2D eigenvalue weighted by Crippen LogP contribution is 2.42. The predicted octanol–water partition coefficient (Wildman–Crippen LogP) is 1.88. The third-order valence-electron chi connectivity index (χ3n) is 11.8. The van der Waals surface area contributed by atoms with Crippen LogP contribution in [-0.4, -0.2) is 153 Å². The Balaban J connectivity index is 2.22. The fourth-order valence-electron chi connectivity index (χ4n) is 8.45. The number of alkyl halides is 1. The average molecular weight is 752 g/mol. The van der Waals surface area contributed by atoms with Crippen molar-refractivity contribution in [3.8, 4) is 0 Å². The summed E-state index contributed by atoms with van der Waals surface area (Å²) in [7, 11) is 5.04. The quantitative estimate of drug-likeness (QED) is 0.237. The van der Waals surface area contributed by atoms with Crippen LogP contribution in [0.25, 0.3) is 0 Å². The molecule has 0 aliphatic carbocycles. The number of nitrogens with zero attached hydrogens (tertiary/aromatic N) is 1. The molecule has 14 nitrogen and oxygen atoms in total. The van der Waals surface area contributed by atoms with Crippen LogP contribution in [0.3, 0.4) is 0 Å². The largest absolute Gasteiger partial charge is 0.459 e. The Morgan fingerprint density at radius 2 is 1.52 bits per heavy atom. The number of ketones is 1. The van der Waals surface area contributed by atoms with Gasteiger partial charge in [-0.1, -0.05) is 20.8 Å². The molecule has 3 heterocycles. The topological polar surface area (TPSA) is 194 Å². The number of likely N-dealkylation sites (N-methyl/N-ethyl adjacent to an activating group) is 1. The van der Waals surface area contributed by atoms with E-state index in [1.807, 2.05) is 11.8 Å². The maximum absolute atomic E-state index is 16.8. The number of aliphatic hydroxyl groups is 5. The van der Waals surface area contributed by atoms with Gasteiger partial charge in [0.2, 0.25) is 0 Å². The Hall–Kier alpha value is -1.37. The number of Topliss-reactive ketones (excluding diaryl/α,β-unsaturated/α-hetero) is 1. The number of hydrogen-bond acceptors (Lipinski definition) is 14. The lowest BCUT2D eigenvalue weighted by atomic mass is 9.73. The van der Waals surface area contributed by atoms with Crippen LogP contribution in [-0.2, 0) is 38.0 Å². The number of esters is 1. The highest BCUT2D eigenvalue weighted by Gasteiger charge is 2.56. The molecule has 3 aliphatic heterocycles. The molecule has 15 heteroatoms. The Kier molecular flexibility index (Phi) is 14.5. The van der Waals surface area contributed by atoms with Crippen LogP contribution in [0.4, 0.5) is 4.39 Å². The summed E-state index contributed by atoms with van der Waals surface area (Å²) in [6.07, 6.45) is -11.9. The van der Waals surface area contributed by atoms with Gasteiger partial charge < -0.3 is 58.9 Å². The van der Waals surface area contributed by atoms with Crippen molar-refractivity contribution >= 4 is 11.8 Å². The van der Waals surface area contributed by atoms with E-state index in [4.69, 9.17) is 28.4 Å². The average Bonchev–Trinajstić information content (AvgIpc) is 3.05. The predicted molar refractivity (Wildman–Crippen MR) is 187 cm³/mol. The lowest BCUT2D eigenvalue weighted by Crippen LogP contribution is -2.62. The van der Waals surface area contributed by atoms with Crippen molar-refractivity contribution in [1.82, 2.24) is 4.90 Å². The molecule has 3 aliphatic rings. The van der Waals surface area contributed by atoms with Gasteiger partial charge in [-0.2, -0.15) is 0 Å². The molecular formula is C37H66FNO13. The molecule has 0 spiro atoms. The van der Waals surface area contributed by atoms with Gasteiger partial charge in [0.25, 0.3) is 0 Å². The summed E-state index contributed by atoms with van der Waals surface area (Å²) in [5.74, 6) is -5.61. The van der Waals surface area contributed by atoms with Crippen molar-refractivity contribution < 1.29 is 67.9 Å². The normalized spacial score (nSPS) is 50.5. The molecule has 0 unspecified atom stereocenters. The highest BCUT2D eigenvalue weighted by molar-refractivity contribution is 5.89. The Labute approximate surface area is 308 Å². The molecule has 0 bridgehead atoms. The van der Waals surface area contributed by atoms with E-state index in [0.29, 0.717) is 6.42 Å². The van der Waals surface area contributed by atoms with E-state index >= 15 is 4.39 Å². The lowest BCUT2D eigenvalue weighted by Gasteiger charge is -2.49. The van der Waals surface area contributed by atoms with Gasteiger partial charge in [-0.05, 0) is 75.4 Å². The van der Waals surface area contributed by atoms with Crippen LogP contribution >= 0.6 is 0 Å². The van der Waals surface area contributed by atoms with E-state index < -0.39 is 120 Å². The first-order valence-electron chi connectivity index (χ1n) is 18.5. The number of methoxy groups -OCH3 is 1. The maximum Gasteiger partial charge on any atom is 0.311 e. The van der Waals surface area contributed by atoms with Crippen molar-refractivity contribution in [3.63, 3.8) is 0 Å². The minimum absolute atomic E-state index is 0.0296. The molecule has 0 aromatic carbocycles. The van der Waals surface area contributed by atoms with Gasteiger partial charge in [-0.25, -0.2) is 4.39 Å². The van der Waals surface area contributed by atoms with Crippen molar-refractivity contribution in [2.75, 3.05) is 21.2 Å². The molecule has 0 amide bonds. The first-order valence-corrected chi connectivity index (χ1v) is 18.5. The van der Waals surface area contributed by atoms with Crippen LogP contribution in [0, 0.1) is 17.8 Å². The number of carbonyl (C=O) groups is 2. The second-order valence-corrected chi connectivity index (χ2v) is 16.7. The molecule has 0 saturated carbocycles. The van der Waals surface area contributed by atoms with Crippen LogP contribution in [0.1, 0.15) is 94.9 Å². The number of aliphatic hydroxyl groups excluding tert-OH is 3. The first-order chi connectivity index (χ1) is 23.7. The fraction of sp³-hybridized carbons (Fsp3) is 0.946. The molecule has 3 saturated heterocycles. The van der Waals surface area contributed by atoms with Crippen molar-refractivity contribution in [2.24, 2.45) is 17.8 Å². The molecular weight excluding hydrogens is 685 g/mol. The third kappa shape index (κ3) is 9.35. The summed E-state index contributed by atoms with van der Waals surface area (Å²) in [5, 5.41) is 57.4. The molecule has 304 valence electrons. The molecule has 0 aromatic heterocycles. The maximum atomic E-state index is 16.8. The van der Waals surface area contributed by atoms with E-state index in [-0.39, 0.29) is 18.9 Å². The summed E-state index contributed by atoms with van der Waals surface area (Å²) in [4.78, 5) is 29.6. The summed E-state index contributed by atoms with van der Waals surface area (Å²) in [5.41, 5.74) is -8.26. The smallest absolute Gasteiger partial charge is 0.311 e. The Morgan fingerprint density at radius 1 is 0.923 bits per heavy atom. The highest BCUT2D eigenvalue weighted by atomic mass is 19.1. The van der Waals surface area contributed by atoms with Gasteiger partial charge >= 0.3 is 5.97 Å². The van der Waals surface area contributed by atoms with E-state index in [9.17, 15) is 35.1 Å². The monoisotopic (exact) mass is 751 g/mol. The number of carbonyl (C=O) groups excluding carboxylic acids is 2. The Bertz CT molecular complexity index is 1220. The lowest BCUT2D eigenvalue weighted by molar-refractivity contribution is -0.318. The second-order valence-electron chi connectivity index (χ2n) is 16.7. The third-order valence-corrected chi connectivity index (χ3v) is 11.8. The zero-order chi connectivity index (χ0) is 39.9. The number of cyclic esters (lactones) is 1. The molecule has 5 N–H and O–H groups in total. The van der Waals surface area contributed by atoms with E-state index in [1.54, 1.807) is 41.8 Å². The zero-order valence-corrected chi connectivity index (χ0v) is 33.2. The summed E-state index contributed by atoms with van der Waals surface area (Å²) >= 11 is 0. The van der Waals surface area contributed by atoms with Gasteiger partial charge in [0, 0.05) is 37.8 Å². The number of halogens is 1. The van der Waals surface area contributed by atoms with Gasteiger partial charge in [-0.3, -0.25) is 9.59 Å². The van der Waals surface area contributed by atoms with Gasteiger partial charge in [0.15, 0.2) is 24.0 Å². The molecule has 52 heavy (non-hydrogen) atoms. The standard InChI is InChI=1S/C37H66FNO13/c1-14-24-37(10,46)29(42)21(5)28(41)34(7,38)17-35(8,45)31(52-33-26(40)23(39(11)12)15-18(2)48-33)19(3)27(20(4)32(44)50-24)51-25-16-36(9,47-13)30(43)22(6)49-25/h18-27,29-31,33,40,42-43,45-46H,14-17H2,1-13H3/t18-,19+,20-,21+,22+,23+,24-,25+,26-,27+,29-,30+,31+,33+,34+,35-,36-,37-/m1/s1. The van der Waals surface area contributed by atoms with Crippen molar-refractivity contribution in [2.45, 2.75) is 185 Å². The van der Waals surface area contributed by atoms with Gasteiger partial charge in [0.05, 0.1) is 47.6 Å². The minimum Gasteiger partial charge on any atom is -0.459 e. The molecule has 0 aromatic rings. The second kappa shape index (κ2) is 16.8. The fourth-order valence-corrected chi connectivity index (χ4v) is 8.45. The van der Waals surface area contributed by atoms with Crippen LogP contribution < -0.4 is 0 Å². The molecule has 3 rings (SSSR count). The van der Waals surface area contributed by atoms with Gasteiger partial charge in [-0.15, -0.1) is 0 Å². The number of hydrogen-bond donors (Lipinski definition) is 5. The Morgan fingerprint density at radius 3 is 2.06 bits per heavy atom. The molecule has 18 atom stereocenters.